The molecule has 1 aliphatic carbocycles. The summed E-state index contributed by atoms with van der Waals surface area (Å²) in [7, 11) is 0. The molecule has 0 unspecified atom stereocenters. The van der Waals surface area contributed by atoms with Gasteiger partial charge in [0.2, 0.25) is 0 Å². The van der Waals surface area contributed by atoms with Gasteiger partial charge in [-0.25, -0.2) is 4.79 Å². The van der Waals surface area contributed by atoms with E-state index in [1.54, 1.807) is 0 Å². The van der Waals surface area contributed by atoms with Gasteiger partial charge in [-0.3, -0.25) is 0 Å². The Morgan fingerprint density at radius 3 is 2.70 bits per heavy atom. The fourth-order valence-electron chi connectivity index (χ4n) is 4.26. The second-order valence-electron chi connectivity index (χ2n) is 7.41. The molecule has 0 radical (unpaired) electrons. The van der Waals surface area contributed by atoms with Gasteiger partial charge in [0.15, 0.2) is 6.73 Å². The first-order valence-electron chi connectivity index (χ1n) is 9.36. The molecule has 138 valence electrons. The van der Waals surface area contributed by atoms with E-state index in [2.05, 4.69) is 30.0 Å². The molecule has 3 aromatic rings. The zero-order valence-electron chi connectivity index (χ0n) is 15.2. The topological polar surface area (TPSA) is 42.7 Å². The van der Waals surface area contributed by atoms with Gasteiger partial charge in [-0.2, -0.15) is 0 Å². The van der Waals surface area contributed by atoms with Crippen molar-refractivity contribution in [2.24, 2.45) is 0 Å². The fraction of sp³-hybridized carbons (Fsp3) is 0.318. The van der Waals surface area contributed by atoms with Crippen LogP contribution in [0.1, 0.15) is 35.1 Å². The van der Waals surface area contributed by atoms with Crippen LogP contribution in [0.3, 0.4) is 0 Å². The Kier molecular flexibility index (Phi) is 3.90. The maximum atomic E-state index is 12.6. The molecule has 2 aromatic carbocycles. The highest BCUT2D eigenvalue weighted by Gasteiger charge is 2.27. The monoisotopic (exact) mass is 381 g/mol. The quantitative estimate of drug-likeness (QED) is 0.557. The van der Waals surface area contributed by atoms with Crippen LogP contribution in [0.2, 0.25) is 5.02 Å². The van der Waals surface area contributed by atoms with Crippen LogP contribution in [0.15, 0.2) is 39.5 Å². The lowest BCUT2D eigenvalue weighted by Gasteiger charge is -2.32. The van der Waals surface area contributed by atoms with Gasteiger partial charge < -0.3 is 14.1 Å². The number of benzene rings is 2. The molecule has 27 heavy (non-hydrogen) atoms. The van der Waals surface area contributed by atoms with Gasteiger partial charge in [0, 0.05) is 16.6 Å². The zero-order chi connectivity index (χ0) is 18.5. The Labute approximate surface area is 162 Å². The van der Waals surface area contributed by atoms with Gasteiger partial charge in [0.1, 0.15) is 11.3 Å². The van der Waals surface area contributed by atoms with Gasteiger partial charge in [0.05, 0.1) is 17.1 Å². The van der Waals surface area contributed by atoms with Crippen LogP contribution >= 0.6 is 11.6 Å². The van der Waals surface area contributed by atoms with Crippen molar-refractivity contribution in [2.45, 2.75) is 39.2 Å². The van der Waals surface area contributed by atoms with Gasteiger partial charge >= 0.3 is 5.63 Å². The molecule has 0 bridgehead atoms. The van der Waals surface area contributed by atoms with Crippen LogP contribution in [-0.2, 0) is 19.4 Å². The van der Waals surface area contributed by atoms with Crippen LogP contribution in [0.4, 0.5) is 5.69 Å². The van der Waals surface area contributed by atoms with E-state index in [0.717, 1.165) is 53.4 Å². The third-order valence-electron chi connectivity index (χ3n) is 5.60. The number of aryl methyl sites for hydroxylation is 2. The number of rotatable bonds is 1. The van der Waals surface area contributed by atoms with Gasteiger partial charge in [-0.05, 0) is 61.9 Å². The summed E-state index contributed by atoms with van der Waals surface area (Å²) in [6, 6.07) is 10.2. The predicted molar refractivity (Wildman–Crippen MR) is 107 cm³/mol. The van der Waals surface area contributed by atoms with E-state index >= 15 is 0 Å². The van der Waals surface area contributed by atoms with E-state index in [-0.39, 0.29) is 5.63 Å². The lowest BCUT2D eigenvalue weighted by Crippen LogP contribution is -2.32. The lowest BCUT2D eigenvalue weighted by molar-refractivity contribution is 0.289. The molecule has 2 aliphatic rings. The molecule has 0 amide bonds. The average molecular weight is 382 g/mol. The summed E-state index contributed by atoms with van der Waals surface area (Å²) in [5.74, 6) is 0.631. The largest absolute Gasteiger partial charge is 0.471 e. The fourth-order valence-corrected chi connectivity index (χ4v) is 4.54. The molecule has 0 fully saturated rings. The van der Waals surface area contributed by atoms with E-state index < -0.39 is 0 Å². The van der Waals surface area contributed by atoms with Crippen LogP contribution in [-0.4, -0.2) is 6.73 Å². The molecule has 0 N–H and O–H groups in total. The molecular weight excluding hydrogens is 362 g/mol. The highest BCUT2D eigenvalue weighted by Crippen LogP contribution is 2.41. The highest BCUT2D eigenvalue weighted by molar-refractivity contribution is 6.33. The smallest absolute Gasteiger partial charge is 0.339 e. The van der Waals surface area contributed by atoms with Crippen molar-refractivity contribution in [3.05, 3.63) is 68.0 Å². The Morgan fingerprint density at radius 2 is 1.89 bits per heavy atom. The molecule has 0 saturated carbocycles. The van der Waals surface area contributed by atoms with Crippen LogP contribution in [0.5, 0.6) is 5.75 Å². The van der Waals surface area contributed by atoms with E-state index in [0.29, 0.717) is 29.6 Å². The summed E-state index contributed by atoms with van der Waals surface area (Å²) >= 11 is 6.56. The van der Waals surface area contributed by atoms with Crippen molar-refractivity contribution in [2.75, 3.05) is 11.6 Å². The number of halogens is 1. The van der Waals surface area contributed by atoms with E-state index in [1.165, 1.54) is 5.56 Å². The molecule has 0 saturated heterocycles. The number of fused-ring (bicyclic) bond motifs is 5. The molecular formula is C22H20ClNO3. The first-order valence-corrected chi connectivity index (χ1v) is 9.74. The van der Waals surface area contributed by atoms with E-state index in [9.17, 15) is 4.79 Å². The second-order valence-corrected chi connectivity index (χ2v) is 7.81. The van der Waals surface area contributed by atoms with E-state index in [1.807, 2.05) is 12.1 Å². The molecule has 4 nitrogen and oxygen atoms in total. The normalized spacial score (nSPS) is 16.0. The average Bonchev–Trinajstić information content (AvgIpc) is 2.69. The molecule has 5 heteroatoms. The summed E-state index contributed by atoms with van der Waals surface area (Å²) in [4.78, 5) is 14.7. The minimum Gasteiger partial charge on any atom is -0.471 e. The zero-order valence-corrected chi connectivity index (χ0v) is 15.9. The SMILES string of the molecule is Cc1cccc(N2COc3c(Cl)cc4c5c(c(=O)oc4c3C2)CCCC5)c1. The van der Waals surface area contributed by atoms with Crippen LogP contribution in [0, 0.1) is 6.92 Å². The van der Waals surface area contributed by atoms with Gasteiger partial charge in [-0.15, -0.1) is 0 Å². The number of ether oxygens (including phenoxy) is 1. The van der Waals surface area contributed by atoms with Crippen molar-refractivity contribution in [3.8, 4) is 5.75 Å². The van der Waals surface area contributed by atoms with Gasteiger partial charge in [0.25, 0.3) is 0 Å². The summed E-state index contributed by atoms with van der Waals surface area (Å²) in [5.41, 5.74) is 5.45. The predicted octanol–water partition coefficient (Wildman–Crippen LogP) is 4.99. The highest BCUT2D eigenvalue weighted by atomic mass is 35.5. The number of hydrogen-bond donors (Lipinski definition) is 0. The maximum Gasteiger partial charge on any atom is 0.339 e. The summed E-state index contributed by atoms with van der Waals surface area (Å²) < 4.78 is 11.8. The van der Waals surface area contributed by atoms with Crippen molar-refractivity contribution in [1.82, 2.24) is 0 Å². The summed E-state index contributed by atoms with van der Waals surface area (Å²) in [6.07, 6.45) is 3.81. The van der Waals surface area contributed by atoms with Crippen LogP contribution < -0.4 is 15.3 Å². The Hall–Kier alpha value is -2.46. The van der Waals surface area contributed by atoms with Gasteiger partial charge in [-0.1, -0.05) is 23.7 Å². The molecule has 2 heterocycles. The molecule has 1 aliphatic heterocycles. The Balaban J connectivity index is 1.70. The van der Waals surface area contributed by atoms with Crippen molar-refractivity contribution in [1.29, 1.82) is 0 Å². The third kappa shape index (κ3) is 2.71. The Bertz CT molecular complexity index is 1120. The minimum atomic E-state index is -0.214. The lowest BCUT2D eigenvalue weighted by atomic mass is 9.90. The standard InChI is InChI=1S/C22H20ClNO3/c1-13-5-4-6-14(9-13)24-11-18-20-17(10-19(23)21(18)26-12-24)15-7-2-3-8-16(15)22(25)27-20/h4-6,9-10H,2-3,7-8,11-12H2,1H3. The minimum absolute atomic E-state index is 0.214. The van der Waals surface area contributed by atoms with Crippen molar-refractivity contribution >= 4 is 28.3 Å². The number of anilines is 1. The molecule has 5 rings (SSSR count). The Morgan fingerprint density at radius 1 is 1.07 bits per heavy atom. The first-order chi connectivity index (χ1) is 13.1. The summed E-state index contributed by atoms with van der Waals surface area (Å²) in [5, 5.41) is 1.55. The van der Waals surface area contributed by atoms with Crippen molar-refractivity contribution in [3.63, 3.8) is 0 Å². The molecule has 1 aromatic heterocycles. The molecule has 0 atom stereocenters. The summed E-state index contributed by atoms with van der Waals surface area (Å²) in [6.45, 7) is 3.08. The van der Waals surface area contributed by atoms with Crippen molar-refractivity contribution < 1.29 is 9.15 Å². The van der Waals surface area contributed by atoms with E-state index in [4.69, 9.17) is 20.8 Å². The number of hydrogen-bond acceptors (Lipinski definition) is 4. The maximum absolute atomic E-state index is 12.6. The molecule has 0 spiro atoms. The first kappa shape index (κ1) is 16.7. The third-order valence-corrected chi connectivity index (χ3v) is 5.88. The second kappa shape index (κ2) is 6.31. The number of nitrogens with zero attached hydrogens (tertiary/aromatic N) is 1. The van der Waals surface area contributed by atoms with Crippen LogP contribution in [0.25, 0.3) is 11.0 Å².